The molecule has 0 unspecified atom stereocenters. The third-order valence-corrected chi connectivity index (χ3v) is 9.20. The van der Waals surface area contributed by atoms with Gasteiger partial charge in [-0.1, -0.05) is 158 Å². The normalized spacial score (nSPS) is 19.9. The first-order valence-electron chi connectivity index (χ1n) is 17.9. The predicted molar refractivity (Wildman–Crippen MR) is 202 cm³/mol. The topological polar surface area (TPSA) is 66.5 Å². The minimum absolute atomic E-state index is 0.119. The summed E-state index contributed by atoms with van der Waals surface area (Å²) in [6, 6.07) is 48.7. The quantitative estimate of drug-likeness (QED) is 0.0905. The molecule has 0 N–H and O–H groups in total. The van der Waals surface area contributed by atoms with Gasteiger partial charge in [0.2, 0.25) is 0 Å². The summed E-state index contributed by atoms with van der Waals surface area (Å²) in [5, 5.41) is 0. The van der Waals surface area contributed by atoms with Crippen LogP contribution in [0.4, 0.5) is 4.79 Å². The summed E-state index contributed by atoms with van der Waals surface area (Å²) in [5.74, 6) is 0. The molecule has 0 radical (unpaired) electrons. The van der Waals surface area contributed by atoms with Gasteiger partial charge in [-0.2, -0.15) is 0 Å². The maximum absolute atomic E-state index is 14.5. The van der Waals surface area contributed by atoms with Gasteiger partial charge in [-0.05, 0) is 34.2 Å². The van der Waals surface area contributed by atoms with Crippen LogP contribution in [0.2, 0.25) is 0 Å². The fourth-order valence-corrected chi connectivity index (χ4v) is 6.62. The molecule has 7 heteroatoms. The van der Waals surface area contributed by atoms with Crippen LogP contribution < -0.4 is 0 Å². The van der Waals surface area contributed by atoms with Crippen LogP contribution in [0.25, 0.3) is 0 Å². The first-order chi connectivity index (χ1) is 25.7. The summed E-state index contributed by atoms with van der Waals surface area (Å²) >= 11 is 0. The third-order valence-electron chi connectivity index (χ3n) is 9.20. The van der Waals surface area contributed by atoms with E-state index in [0.717, 1.165) is 27.8 Å². The molecule has 0 aromatic heterocycles. The highest BCUT2D eigenvalue weighted by molar-refractivity contribution is 5.69. The van der Waals surface area contributed by atoms with Gasteiger partial charge >= 0.3 is 6.09 Å². The number of rotatable bonds is 17. The van der Waals surface area contributed by atoms with Crippen molar-refractivity contribution in [2.75, 3.05) is 6.61 Å². The monoisotopic (exact) mass is 697 g/mol. The zero-order valence-corrected chi connectivity index (χ0v) is 29.5. The van der Waals surface area contributed by atoms with Crippen molar-refractivity contribution in [3.8, 4) is 0 Å². The molecule has 6 rings (SSSR count). The van der Waals surface area contributed by atoms with E-state index in [-0.39, 0.29) is 13.2 Å². The van der Waals surface area contributed by atoms with E-state index in [9.17, 15) is 4.79 Å². The number of nitrogens with zero attached hydrogens (tertiary/aromatic N) is 1. The van der Waals surface area contributed by atoms with Gasteiger partial charge in [0.15, 0.2) is 0 Å². The second kappa shape index (κ2) is 19.5. The van der Waals surface area contributed by atoms with Crippen molar-refractivity contribution < 1.29 is 28.5 Å². The van der Waals surface area contributed by atoms with Gasteiger partial charge in [-0.3, -0.25) is 4.90 Å². The zero-order chi connectivity index (χ0) is 35.8. The largest absolute Gasteiger partial charge is 0.445 e. The summed E-state index contributed by atoms with van der Waals surface area (Å²) in [6.07, 6.45) is -0.0510. The summed E-state index contributed by atoms with van der Waals surface area (Å²) in [7, 11) is 0. The lowest BCUT2D eigenvalue weighted by molar-refractivity contribution is -0.222. The van der Waals surface area contributed by atoms with Gasteiger partial charge in [0.1, 0.15) is 24.9 Å². The zero-order valence-electron chi connectivity index (χ0n) is 29.5. The first-order valence-corrected chi connectivity index (χ1v) is 17.9. The van der Waals surface area contributed by atoms with Crippen molar-refractivity contribution in [1.82, 2.24) is 4.90 Å². The Morgan fingerprint density at radius 1 is 0.500 bits per heavy atom. The standard InChI is InChI=1S/C45H47NO6/c1-2-18-40-42(49-30-36-21-10-4-11-22-36)44(51-32-38-25-14-6-15-26-38)43(50-31-37-23-12-5-13-24-37)41(34-48-29-35-19-8-3-9-20-35)46(40)45(47)52-33-39-27-16-7-17-28-39/h2-17,19-28,40-44H,1,18,29-34H2/t40-,41-,42-,43+,44+/m0/s1. The number of amides is 1. The van der Waals surface area contributed by atoms with E-state index < -0.39 is 36.5 Å². The number of hydrogen-bond donors (Lipinski definition) is 0. The molecule has 5 atom stereocenters. The Kier molecular flexibility index (Phi) is 13.8. The van der Waals surface area contributed by atoms with Crippen LogP contribution in [0, 0.1) is 0 Å². The molecule has 0 bridgehead atoms. The molecule has 0 saturated carbocycles. The Morgan fingerprint density at radius 3 is 1.29 bits per heavy atom. The lowest BCUT2D eigenvalue weighted by Crippen LogP contribution is -2.70. The lowest BCUT2D eigenvalue weighted by atomic mass is 9.86. The number of carbonyl (C=O) groups excluding carboxylic acids is 1. The number of likely N-dealkylation sites (tertiary alicyclic amines) is 1. The molecule has 268 valence electrons. The Morgan fingerprint density at radius 2 is 0.865 bits per heavy atom. The maximum atomic E-state index is 14.5. The van der Waals surface area contributed by atoms with Crippen LogP contribution in [0.5, 0.6) is 0 Å². The minimum Gasteiger partial charge on any atom is -0.445 e. The Labute approximate surface area is 307 Å². The summed E-state index contributed by atoms with van der Waals surface area (Å²) < 4.78 is 33.1. The van der Waals surface area contributed by atoms with E-state index in [1.807, 2.05) is 158 Å². The van der Waals surface area contributed by atoms with Crippen LogP contribution in [-0.4, -0.2) is 48.0 Å². The molecule has 0 spiro atoms. The molecule has 52 heavy (non-hydrogen) atoms. The van der Waals surface area contributed by atoms with E-state index in [1.165, 1.54) is 0 Å². The van der Waals surface area contributed by atoms with Crippen molar-refractivity contribution >= 4 is 6.09 Å². The number of ether oxygens (including phenoxy) is 5. The van der Waals surface area contributed by atoms with Gasteiger partial charge in [0, 0.05) is 0 Å². The van der Waals surface area contributed by atoms with Gasteiger partial charge in [-0.25, -0.2) is 4.79 Å². The molecular weight excluding hydrogens is 650 g/mol. The molecule has 7 nitrogen and oxygen atoms in total. The molecule has 1 amide bonds. The average molecular weight is 698 g/mol. The van der Waals surface area contributed by atoms with Gasteiger partial charge in [-0.15, -0.1) is 6.58 Å². The molecular formula is C45H47NO6. The summed E-state index contributed by atoms with van der Waals surface area (Å²) in [4.78, 5) is 16.3. The third kappa shape index (κ3) is 10.3. The van der Waals surface area contributed by atoms with Crippen LogP contribution in [0.3, 0.4) is 0 Å². The lowest BCUT2D eigenvalue weighted by Gasteiger charge is -2.52. The smallest absolute Gasteiger partial charge is 0.410 e. The average Bonchev–Trinajstić information content (AvgIpc) is 3.20. The van der Waals surface area contributed by atoms with Crippen LogP contribution in [-0.2, 0) is 56.7 Å². The molecule has 1 heterocycles. The van der Waals surface area contributed by atoms with Gasteiger partial charge in [0.25, 0.3) is 0 Å². The van der Waals surface area contributed by atoms with Gasteiger partial charge in [0.05, 0.1) is 45.1 Å². The van der Waals surface area contributed by atoms with Crippen molar-refractivity contribution in [1.29, 1.82) is 0 Å². The molecule has 0 aliphatic carbocycles. The Bertz CT molecular complexity index is 1760. The SMILES string of the molecule is C=CC[C@H]1[C@H](OCc2ccccc2)[C@@H](OCc2ccccc2)[C@H](OCc2ccccc2)[C@H](COCc2ccccc2)N1C(=O)OCc1ccccc1. The fraction of sp³-hybridized carbons (Fsp3) is 0.267. The maximum Gasteiger partial charge on any atom is 0.410 e. The van der Waals surface area contributed by atoms with Crippen molar-refractivity contribution in [2.24, 2.45) is 0 Å². The van der Waals surface area contributed by atoms with E-state index in [0.29, 0.717) is 32.8 Å². The van der Waals surface area contributed by atoms with E-state index in [2.05, 4.69) is 6.58 Å². The van der Waals surface area contributed by atoms with Crippen LogP contribution >= 0.6 is 0 Å². The minimum atomic E-state index is -0.647. The highest BCUT2D eigenvalue weighted by atomic mass is 16.6. The number of benzene rings is 5. The summed E-state index contributed by atoms with van der Waals surface area (Å²) in [5.41, 5.74) is 4.95. The fourth-order valence-electron chi connectivity index (χ4n) is 6.62. The second-order valence-electron chi connectivity index (χ2n) is 12.9. The Hall–Kier alpha value is -5.05. The van der Waals surface area contributed by atoms with Crippen molar-refractivity contribution in [3.05, 3.63) is 192 Å². The van der Waals surface area contributed by atoms with Crippen LogP contribution in [0.15, 0.2) is 164 Å². The molecule has 5 aromatic carbocycles. The first kappa shape index (κ1) is 36.7. The van der Waals surface area contributed by atoms with E-state index in [1.54, 1.807) is 4.90 Å². The number of hydrogen-bond acceptors (Lipinski definition) is 6. The Balaban J connectivity index is 1.38. The highest BCUT2D eigenvalue weighted by Crippen LogP contribution is 2.35. The van der Waals surface area contributed by atoms with Crippen molar-refractivity contribution in [3.63, 3.8) is 0 Å². The van der Waals surface area contributed by atoms with Crippen molar-refractivity contribution in [2.45, 2.75) is 69.9 Å². The number of piperidine rings is 1. The molecule has 1 aliphatic heterocycles. The molecule has 5 aromatic rings. The molecule has 1 fully saturated rings. The second-order valence-corrected chi connectivity index (χ2v) is 12.9. The van der Waals surface area contributed by atoms with E-state index in [4.69, 9.17) is 23.7 Å². The number of carbonyl (C=O) groups is 1. The van der Waals surface area contributed by atoms with Crippen LogP contribution in [0.1, 0.15) is 34.2 Å². The predicted octanol–water partition coefficient (Wildman–Crippen LogP) is 8.93. The molecule has 1 saturated heterocycles. The summed E-state index contributed by atoms with van der Waals surface area (Å²) in [6.45, 7) is 5.71. The van der Waals surface area contributed by atoms with Gasteiger partial charge < -0.3 is 23.7 Å². The molecule has 1 aliphatic rings. The highest BCUT2D eigenvalue weighted by Gasteiger charge is 2.53. The van der Waals surface area contributed by atoms with E-state index >= 15 is 0 Å².